The number of fused-ring (bicyclic) bond motifs is 1. The van der Waals surface area contributed by atoms with Crippen LogP contribution >= 0.6 is 0 Å². The van der Waals surface area contributed by atoms with Crippen LogP contribution in [0.3, 0.4) is 0 Å². The van der Waals surface area contributed by atoms with Crippen LogP contribution in [0.5, 0.6) is 5.75 Å². The molecule has 0 radical (unpaired) electrons. The molecular weight excluding hydrogens is 466 g/mol. The van der Waals surface area contributed by atoms with Crippen molar-refractivity contribution < 1.29 is 48.0 Å². The van der Waals surface area contributed by atoms with Crippen molar-refractivity contribution in [3.05, 3.63) is 46.0 Å². The zero-order valence-electron chi connectivity index (χ0n) is 20.1. The number of hydrogen-bond donors (Lipinski definition) is 1. The van der Waals surface area contributed by atoms with Gasteiger partial charge in [-0.2, -0.15) is 0 Å². The second kappa shape index (κ2) is 9.12. The third-order valence-electron chi connectivity index (χ3n) is 5.99. The fourth-order valence-corrected chi connectivity index (χ4v) is 4.36. The largest absolute Gasteiger partial charge is 0.497 e. The zero-order chi connectivity index (χ0) is 25.7. The molecule has 0 spiro atoms. The molecule has 192 valence electrons. The van der Waals surface area contributed by atoms with Gasteiger partial charge < -0.3 is 38.3 Å². The molecule has 3 saturated heterocycles. The molecule has 12 heteroatoms. The van der Waals surface area contributed by atoms with Gasteiger partial charge in [0.25, 0.3) is 5.69 Å². The van der Waals surface area contributed by atoms with Gasteiger partial charge in [-0.05, 0) is 39.8 Å². The van der Waals surface area contributed by atoms with Gasteiger partial charge in [0.15, 0.2) is 30.1 Å². The Hall–Kier alpha value is -2.61. The molecule has 0 bridgehead atoms. The summed E-state index contributed by atoms with van der Waals surface area (Å²) in [7, 11) is 1.37. The SMILES string of the molecule is C=C(C(=O)O[C@@H]1[C@H]2OC(C)(C)O[C@H]2O[C@@H]1[C@H]1COC(C)(C)O1)[C@H](O)c1cc(OC)ccc1[N+](=O)[O-]. The molecule has 4 rings (SSSR count). The van der Waals surface area contributed by atoms with Crippen LogP contribution < -0.4 is 4.74 Å². The molecule has 0 aromatic heterocycles. The lowest BCUT2D eigenvalue weighted by Crippen LogP contribution is -2.45. The number of aliphatic hydroxyl groups excluding tert-OH is 1. The van der Waals surface area contributed by atoms with Gasteiger partial charge in [-0.25, -0.2) is 4.79 Å². The van der Waals surface area contributed by atoms with Crippen LogP contribution in [0.25, 0.3) is 0 Å². The van der Waals surface area contributed by atoms with Crippen molar-refractivity contribution in [2.24, 2.45) is 0 Å². The Bertz CT molecular complexity index is 1020. The molecule has 6 atom stereocenters. The maximum absolute atomic E-state index is 13.1. The molecule has 1 aromatic carbocycles. The van der Waals surface area contributed by atoms with Gasteiger partial charge in [-0.1, -0.05) is 6.58 Å². The average molecular weight is 495 g/mol. The number of nitrogens with zero attached hydrogens (tertiary/aromatic N) is 1. The van der Waals surface area contributed by atoms with Crippen molar-refractivity contribution >= 4 is 11.7 Å². The van der Waals surface area contributed by atoms with Gasteiger partial charge in [-0.15, -0.1) is 0 Å². The van der Waals surface area contributed by atoms with E-state index in [9.17, 15) is 20.0 Å². The molecule has 3 aliphatic heterocycles. The number of rotatable bonds is 7. The third kappa shape index (κ3) is 5.03. The Morgan fingerprint density at radius 3 is 2.51 bits per heavy atom. The topological polar surface area (TPSA) is 145 Å². The number of ether oxygens (including phenoxy) is 7. The van der Waals surface area contributed by atoms with E-state index in [1.807, 2.05) is 0 Å². The number of esters is 1. The fraction of sp³-hybridized carbons (Fsp3) is 0.609. The predicted molar refractivity (Wildman–Crippen MR) is 117 cm³/mol. The van der Waals surface area contributed by atoms with E-state index >= 15 is 0 Å². The van der Waals surface area contributed by atoms with Crippen LogP contribution in [-0.4, -0.2) is 72.0 Å². The number of aliphatic hydroxyl groups is 1. The van der Waals surface area contributed by atoms with Crippen LogP contribution in [-0.2, 0) is 33.2 Å². The Balaban J connectivity index is 1.55. The molecule has 12 nitrogen and oxygen atoms in total. The van der Waals surface area contributed by atoms with Crippen LogP contribution in [0.15, 0.2) is 30.4 Å². The first-order valence-electron chi connectivity index (χ1n) is 11.0. The maximum Gasteiger partial charge on any atom is 0.336 e. The summed E-state index contributed by atoms with van der Waals surface area (Å²) in [6.45, 7) is 10.7. The lowest BCUT2D eigenvalue weighted by atomic mass is 10.00. The standard InChI is InChI=1S/C23H29NO11/c1-11(16(25)13-9-12(29-6)7-8-14(13)24(27)28)20(26)31-18-17(15-10-30-22(2,3)33-15)32-21-19(18)34-23(4,5)35-21/h7-9,15-19,21,25H,1,10H2,2-6H3/t15-,16+,17-,18+,19-,21-/m1/s1. The number of nitro benzene ring substituents is 1. The van der Waals surface area contributed by atoms with Gasteiger partial charge in [0.05, 0.1) is 29.8 Å². The number of benzene rings is 1. The summed E-state index contributed by atoms with van der Waals surface area (Å²) in [6, 6.07) is 3.81. The second-order valence-corrected chi connectivity index (χ2v) is 9.42. The molecule has 35 heavy (non-hydrogen) atoms. The van der Waals surface area contributed by atoms with Crippen LogP contribution in [0, 0.1) is 10.1 Å². The summed E-state index contributed by atoms with van der Waals surface area (Å²) in [5.74, 6) is -2.56. The number of methoxy groups -OCH3 is 1. The normalized spacial score (nSPS) is 31.5. The second-order valence-electron chi connectivity index (χ2n) is 9.42. The first kappa shape index (κ1) is 25.5. The van der Waals surface area contributed by atoms with Crippen molar-refractivity contribution in [2.75, 3.05) is 13.7 Å². The Morgan fingerprint density at radius 1 is 1.20 bits per heavy atom. The molecule has 3 fully saturated rings. The van der Waals surface area contributed by atoms with Crippen molar-refractivity contribution in [1.29, 1.82) is 0 Å². The van der Waals surface area contributed by atoms with E-state index in [4.69, 9.17) is 33.2 Å². The first-order valence-corrected chi connectivity index (χ1v) is 11.0. The van der Waals surface area contributed by atoms with Crippen LogP contribution in [0.1, 0.15) is 39.4 Å². The molecular formula is C23H29NO11. The van der Waals surface area contributed by atoms with Crippen molar-refractivity contribution in [2.45, 2.75) is 76.1 Å². The van der Waals surface area contributed by atoms with E-state index in [1.54, 1.807) is 27.7 Å². The Kier molecular flexibility index (Phi) is 6.64. The summed E-state index contributed by atoms with van der Waals surface area (Å²) >= 11 is 0. The highest BCUT2D eigenvalue weighted by molar-refractivity contribution is 5.89. The minimum Gasteiger partial charge on any atom is -0.497 e. The molecule has 1 aromatic rings. The van der Waals surface area contributed by atoms with Crippen LogP contribution in [0.2, 0.25) is 0 Å². The van der Waals surface area contributed by atoms with E-state index in [2.05, 4.69) is 6.58 Å². The maximum atomic E-state index is 13.1. The van der Waals surface area contributed by atoms with E-state index in [0.717, 1.165) is 0 Å². The monoisotopic (exact) mass is 495 g/mol. The number of hydrogen-bond acceptors (Lipinski definition) is 11. The smallest absolute Gasteiger partial charge is 0.336 e. The number of carbonyl (C=O) groups excluding carboxylic acids is 1. The van der Waals surface area contributed by atoms with Crippen molar-refractivity contribution in [3.63, 3.8) is 0 Å². The minimum absolute atomic E-state index is 0.163. The van der Waals surface area contributed by atoms with E-state index in [0.29, 0.717) is 0 Å². The van der Waals surface area contributed by atoms with Gasteiger partial charge in [0, 0.05) is 6.07 Å². The summed E-state index contributed by atoms with van der Waals surface area (Å²) in [5.41, 5.74) is -0.975. The van der Waals surface area contributed by atoms with Crippen LogP contribution in [0.4, 0.5) is 5.69 Å². The summed E-state index contributed by atoms with van der Waals surface area (Å²) in [4.78, 5) is 23.9. The Morgan fingerprint density at radius 2 is 1.91 bits per heavy atom. The van der Waals surface area contributed by atoms with E-state index in [-0.39, 0.29) is 17.9 Å². The molecule has 3 heterocycles. The highest BCUT2D eigenvalue weighted by atomic mass is 16.8. The molecule has 0 amide bonds. The molecule has 0 unspecified atom stereocenters. The van der Waals surface area contributed by atoms with Crippen molar-refractivity contribution in [3.8, 4) is 5.75 Å². The highest BCUT2D eigenvalue weighted by Crippen LogP contribution is 2.42. The average Bonchev–Trinajstić information content (AvgIpc) is 3.41. The lowest BCUT2D eigenvalue weighted by molar-refractivity contribution is -0.386. The van der Waals surface area contributed by atoms with Crippen molar-refractivity contribution in [1.82, 2.24) is 0 Å². The Labute approximate surface area is 201 Å². The van der Waals surface area contributed by atoms with Gasteiger partial charge in [-0.3, -0.25) is 10.1 Å². The number of nitro groups is 1. The quantitative estimate of drug-likeness (QED) is 0.257. The van der Waals surface area contributed by atoms with E-state index in [1.165, 1.54) is 25.3 Å². The summed E-state index contributed by atoms with van der Waals surface area (Å²) in [5, 5.41) is 22.3. The highest BCUT2D eigenvalue weighted by Gasteiger charge is 2.60. The van der Waals surface area contributed by atoms with E-state index < -0.39 is 70.5 Å². The lowest BCUT2D eigenvalue weighted by Gasteiger charge is -2.29. The summed E-state index contributed by atoms with van der Waals surface area (Å²) < 4.78 is 40.0. The van der Waals surface area contributed by atoms with Gasteiger partial charge in [0.2, 0.25) is 0 Å². The summed E-state index contributed by atoms with van der Waals surface area (Å²) in [6.07, 6.45) is -5.68. The fourth-order valence-electron chi connectivity index (χ4n) is 4.36. The molecule has 0 saturated carbocycles. The zero-order valence-corrected chi connectivity index (χ0v) is 20.1. The minimum atomic E-state index is -1.73. The van der Waals surface area contributed by atoms with Gasteiger partial charge >= 0.3 is 5.97 Å². The third-order valence-corrected chi connectivity index (χ3v) is 5.99. The molecule has 3 aliphatic rings. The van der Waals surface area contributed by atoms with Gasteiger partial charge in [0.1, 0.15) is 24.1 Å². The number of carbonyl (C=O) groups is 1. The molecule has 1 N–H and O–H groups in total. The first-order chi connectivity index (χ1) is 16.3. The molecule has 0 aliphatic carbocycles. The predicted octanol–water partition coefficient (Wildman–Crippen LogP) is 2.13.